The van der Waals surface area contributed by atoms with E-state index in [0.717, 1.165) is 42.5 Å². The molecular formula is C26H31ClF2N2O3. The van der Waals surface area contributed by atoms with Gasteiger partial charge in [-0.05, 0) is 67.1 Å². The lowest BCUT2D eigenvalue weighted by atomic mass is 9.75. The van der Waals surface area contributed by atoms with Crippen LogP contribution >= 0.6 is 11.6 Å². The highest BCUT2D eigenvalue weighted by Crippen LogP contribution is 2.42. The molecule has 1 saturated heterocycles. The molecule has 1 heterocycles. The Morgan fingerprint density at radius 1 is 1.18 bits per heavy atom. The predicted molar refractivity (Wildman–Crippen MR) is 127 cm³/mol. The molecule has 0 aromatic heterocycles. The number of benzene rings is 2. The zero-order chi connectivity index (χ0) is 24.3. The summed E-state index contributed by atoms with van der Waals surface area (Å²) >= 11 is 6.52. The zero-order valence-electron chi connectivity index (χ0n) is 19.6. The highest BCUT2D eigenvalue weighted by molar-refractivity contribution is 6.31. The zero-order valence-corrected chi connectivity index (χ0v) is 20.3. The van der Waals surface area contributed by atoms with Gasteiger partial charge in [-0.2, -0.15) is 0 Å². The summed E-state index contributed by atoms with van der Waals surface area (Å²) in [5, 5.41) is 3.90. The van der Waals surface area contributed by atoms with Gasteiger partial charge in [-0.15, -0.1) is 0 Å². The second kappa shape index (κ2) is 10.7. The van der Waals surface area contributed by atoms with E-state index in [0.29, 0.717) is 43.2 Å². The first kappa shape index (κ1) is 25.0. The Labute approximate surface area is 204 Å². The molecule has 1 aliphatic heterocycles. The Kier molecular flexibility index (Phi) is 7.87. The Morgan fingerprint density at radius 2 is 1.97 bits per heavy atom. The molecule has 2 fully saturated rings. The van der Waals surface area contributed by atoms with Crippen LogP contribution in [0.4, 0.5) is 8.78 Å². The van der Waals surface area contributed by atoms with Crippen molar-refractivity contribution in [3.63, 3.8) is 0 Å². The molecule has 2 aromatic rings. The van der Waals surface area contributed by atoms with Crippen molar-refractivity contribution in [2.75, 3.05) is 33.9 Å². The summed E-state index contributed by atoms with van der Waals surface area (Å²) in [5.74, 6) is -2.53. The largest absolute Gasteiger partial charge is 0.384 e. The van der Waals surface area contributed by atoms with Crippen LogP contribution in [0.3, 0.4) is 0 Å². The molecular weight excluding hydrogens is 462 g/mol. The van der Waals surface area contributed by atoms with Crippen molar-refractivity contribution in [2.45, 2.75) is 43.9 Å². The van der Waals surface area contributed by atoms with Gasteiger partial charge >= 0.3 is 0 Å². The van der Waals surface area contributed by atoms with Gasteiger partial charge in [-0.25, -0.2) is 8.78 Å². The van der Waals surface area contributed by atoms with E-state index in [-0.39, 0.29) is 11.9 Å². The molecule has 0 unspecified atom stereocenters. The quantitative estimate of drug-likeness (QED) is 0.562. The number of hydrogen-bond donors (Lipinski definition) is 1. The van der Waals surface area contributed by atoms with Gasteiger partial charge in [0.1, 0.15) is 5.60 Å². The fourth-order valence-corrected chi connectivity index (χ4v) is 5.07. The van der Waals surface area contributed by atoms with Gasteiger partial charge in [0.05, 0.1) is 12.5 Å². The molecule has 1 aliphatic carbocycles. The van der Waals surface area contributed by atoms with Crippen molar-refractivity contribution in [3.05, 3.63) is 69.7 Å². The lowest BCUT2D eigenvalue weighted by molar-refractivity contribution is -0.155. The lowest BCUT2D eigenvalue weighted by Gasteiger charge is -2.44. The molecule has 5 nitrogen and oxygen atoms in total. The summed E-state index contributed by atoms with van der Waals surface area (Å²) < 4.78 is 39.0. The standard InChI is InChI=1S/C26H31ClF2N2O3/c1-33-12-9-17-3-7-22(27)18(13-17)16-31(20-5-6-20)25(32)21-15-30-11-10-26(21,34-2)19-4-8-23(28)24(29)14-19/h3-4,7-8,13-14,20-21,30H,5-6,9-12,15-16H2,1-2H3/t21-,26+/m1/s1. The molecule has 2 atom stereocenters. The lowest BCUT2D eigenvalue weighted by Crippen LogP contribution is -2.56. The highest BCUT2D eigenvalue weighted by Gasteiger charge is 2.50. The number of halogens is 3. The van der Waals surface area contributed by atoms with Crippen LogP contribution in [0.5, 0.6) is 0 Å². The maximum absolute atomic E-state index is 14.2. The third kappa shape index (κ3) is 5.13. The van der Waals surface area contributed by atoms with E-state index in [1.165, 1.54) is 13.2 Å². The molecule has 34 heavy (non-hydrogen) atoms. The summed E-state index contributed by atoms with van der Waals surface area (Å²) in [6.07, 6.45) is 3.08. The molecule has 184 valence electrons. The van der Waals surface area contributed by atoms with Crippen LogP contribution in [0.1, 0.15) is 36.0 Å². The molecule has 0 bridgehead atoms. The summed E-state index contributed by atoms with van der Waals surface area (Å²) in [4.78, 5) is 15.9. The van der Waals surface area contributed by atoms with E-state index in [2.05, 4.69) is 5.32 Å². The van der Waals surface area contributed by atoms with Gasteiger partial charge in [0.25, 0.3) is 0 Å². The van der Waals surface area contributed by atoms with E-state index in [4.69, 9.17) is 21.1 Å². The summed E-state index contributed by atoms with van der Waals surface area (Å²) in [7, 11) is 3.20. The monoisotopic (exact) mass is 492 g/mol. The number of carbonyl (C=O) groups is 1. The third-order valence-corrected chi connectivity index (χ3v) is 7.34. The Hall–Kier alpha value is -2.06. The number of nitrogens with zero attached hydrogens (tertiary/aromatic N) is 1. The van der Waals surface area contributed by atoms with Crippen molar-refractivity contribution in [3.8, 4) is 0 Å². The topological polar surface area (TPSA) is 50.8 Å². The second-order valence-electron chi connectivity index (χ2n) is 9.10. The normalized spacial score (nSPS) is 22.6. The predicted octanol–water partition coefficient (Wildman–Crippen LogP) is 4.45. The average molecular weight is 493 g/mol. The van der Waals surface area contributed by atoms with Gasteiger partial charge in [0.15, 0.2) is 11.6 Å². The Bertz CT molecular complexity index is 1030. The molecule has 2 aromatic carbocycles. The van der Waals surface area contributed by atoms with Crippen molar-refractivity contribution in [2.24, 2.45) is 5.92 Å². The maximum atomic E-state index is 14.2. The number of piperidine rings is 1. The van der Waals surface area contributed by atoms with Gasteiger partial charge in [-0.1, -0.05) is 29.8 Å². The van der Waals surface area contributed by atoms with Crippen LogP contribution in [-0.2, 0) is 32.8 Å². The van der Waals surface area contributed by atoms with Crippen LogP contribution in [0.15, 0.2) is 36.4 Å². The number of carbonyl (C=O) groups excluding carboxylic acids is 1. The Morgan fingerprint density at radius 3 is 2.65 bits per heavy atom. The van der Waals surface area contributed by atoms with Gasteiger partial charge < -0.3 is 19.7 Å². The molecule has 8 heteroatoms. The van der Waals surface area contributed by atoms with E-state index in [1.54, 1.807) is 7.11 Å². The third-order valence-electron chi connectivity index (χ3n) is 6.97. The number of amides is 1. The number of hydrogen-bond acceptors (Lipinski definition) is 4. The van der Waals surface area contributed by atoms with Gasteiger partial charge in [0, 0.05) is 38.4 Å². The SMILES string of the molecule is COCCc1ccc(Cl)c(CN(C(=O)[C@H]2CNCC[C@]2(OC)c2ccc(F)c(F)c2)C2CC2)c1. The van der Waals surface area contributed by atoms with Crippen LogP contribution in [0.2, 0.25) is 5.02 Å². The van der Waals surface area contributed by atoms with Crippen molar-refractivity contribution in [1.82, 2.24) is 10.2 Å². The fourth-order valence-electron chi connectivity index (χ4n) is 4.89. The van der Waals surface area contributed by atoms with E-state index >= 15 is 0 Å². The van der Waals surface area contributed by atoms with Crippen LogP contribution in [0, 0.1) is 17.6 Å². The van der Waals surface area contributed by atoms with Crippen LogP contribution < -0.4 is 5.32 Å². The Balaban J connectivity index is 1.64. The minimum atomic E-state index is -1.05. The summed E-state index contributed by atoms with van der Waals surface area (Å²) in [5.41, 5.74) is 1.41. The first-order valence-electron chi connectivity index (χ1n) is 11.7. The van der Waals surface area contributed by atoms with Crippen molar-refractivity contribution in [1.29, 1.82) is 0 Å². The summed E-state index contributed by atoms with van der Waals surface area (Å²) in [6, 6.07) is 9.76. The van der Waals surface area contributed by atoms with Crippen LogP contribution in [0.25, 0.3) is 0 Å². The number of ether oxygens (including phenoxy) is 2. The van der Waals surface area contributed by atoms with Crippen molar-refractivity contribution < 1.29 is 23.0 Å². The molecule has 4 rings (SSSR count). The van der Waals surface area contributed by atoms with Crippen molar-refractivity contribution >= 4 is 17.5 Å². The average Bonchev–Trinajstić information content (AvgIpc) is 3.69. The second-order valence-corrected chi connectivity index (χ2v) is 9.50. The molecule has 0 radical (unpaired) electrons. The molecule has 1 saturated carbocycles. The summed E-state index contributed by atoms with van der Waals surface area (Å²) in [6.45, 7) is 1.98. The number of methoxy groups -OCH3 is 2. The van der Waals surface area contributed by atoms with Gasteiger partial charge in [-0.3, -0.25) is 4.79 Å². The number of nitrogens with one attached hydrogen (secondary N) is 1. The molecule has 1 N–H and O–H groups in total. The van der Waals surface area contributed by atoms with Crippen LogP contribution in [-0.4, -0.2) is 50.8 Å². The minimum Gasteiger partial charge on any atom is -0.384 e. The van der Waals surface area contributed by atoms with E-state index in [9.17, 15) is 13.6 Å². The smallest absolute Gasteiger partial charge is 0.230 e. The maximum Gasteiger partial charge on any atom is 0.230 e. The van der Waals surface area contributed by atoms with E-state index in [1.807, 2.05) is 23.1 Å². The molecule has 2 aliphatic rings. The molecule has 1 amide bonds. The highest BCUT2D eigenvalue weighted by atomic mass is 35.5. The molecule has 0 spiro atoms. The minimum absolute atomic E-state index is 0.0698. The first-order valence-corrected chi connectivity index (χ1v) is 12.1. The fraction of sp³-hybridized carbons (Fsp3) is 0.500. The number of rotatable bonds is 9. The first-order chi connectivity index (χ1) is 16.4. The van der Waals surface area contributed by atoms with Gasteiger partial charge in [0.2, 0.25) is 5.91 Å². The van der Waals surface area contributed by atoms with E-state index < -0.39 is 23.2 Å².